The molecule has 1 aromatic rings. The number of hydrogen-bond acceptors (Lipinski definition) is 3. The van der Waals surface area contributed by atoms with Crippen LogP contribution in [0.5, 0.6) is 0 Å². The lowest BCUT2D eigenvalue weighted by Gasteiger charge is -2.24. The summed E-state index contributed by atoms with van der Waals surface area (Å²) in [6.07, 6.45) is 1.31. The molecule has 1 rings (SSSR count). The maximum Gasteiger partial charge on any atom is 0.323 e. The predicted octanol–water partition coefficient (Wildman–Crippen LogP) is 0.0488. The van der Waals surface area contributed by atoms with E-state index in [-0.39, 0.29) is 17.3 Å². The first-order valence-corrected chi connectivity index (χ1v) is 5.34. The Balaban J connectivity index is 2.94. The van der Waals surface area contributed by atoms with Crippen molar-refractivity contribution in [2.45, 2.75) is 19.9 Å². The summed E-state index contributed by atoms with van der Waals surface area (Å²) in [7, 11) is 0. The van der Waals surface area contributed by atoms with Crippen molar-refractivity contribution in [3.05, 3.63) is 23.5 Å². The van der Waals surface area contributed by atoms with E-state index in [0.29, 0.717) is 0 Å². The lowest BCUT2D eigenvalue weighted by molar-refractivity contribution is -0.138. The van der Waals surface area contributed by atoms with Gasteiger partial charge < -0.3 is 20.7 Å². The van der Waals surface area contributed by atoms with Gasteiger partial charge in [-0.15, -0.1) is 0 Å². The highest BCUT2D eigenvalue weighted by molar-refractivity contribution is 5.99. The quantitative estimate of drug-likeness (QED) is 0.687. The van der Waals surface area contributed by atoms with Gasteiger partial charge in [0.15, 0.2) is 0 Å². The van der Waals surface area contributed by atoms with Gasteiger partial charge in [0, 0.05) is 12.2 Å². The van der Waals surface area contributed by atoms with Crippen LogP contribution >= 0.6 is 0 Å². The molecule has 0 aliphatic heterocycles. The van der Waals surface area contributed by atoms with E-state index in [2.05, 4.69) is 4.98 Å². The van der Waals surface area contributed by atoms with Gasteiger partial charge in [0.25, 0.3) is 5.91 Å². The molecule has 0 aliphatic rings. The van der Waals surface area contributed by atoms with Crippen LogP contribution in [-0.2, 0) is 4.79 Å². The molecule has 0 saturated carbocycles. The van der Waals surface area contributed by atoms with Crippen molar-refractivity contribution in [1.82, 2.24) is 9.88 Å². The van der Waals surface area contributed by atoms with Gasteiger partial charge in [-0.25, -0.2) is 0 Å². The molecule has 0 bridgehead atoms. The second-order valence-corrected chi connectivity index (χ2v) is 4.09. The molecule has 0 aliphatic carbocycles. The molecule has 2 amide bonds. The monoisotopic (exact) mass is 253 g/mol. The lowest BCUT2D eigenvalue weighted by atomic mass is 10.2. The number of carboxylic acids is 1. The molecule has 98 valence electrons. The van der Waals surface area contributed by atoms with Crippen LogP contribution in [0.3, 0.4) is 0 Å². The second-order valence-electron chi connectivity index (χ2n) is 4.09. The van der Waals surface area contributed by atoms with Crippen molar-refractivity contribution < 1.29 is 19.5 Å². The van der Waals surface area contributed by atoms with Gasteiger partial charge in [-0.05, 0) is 19.9 Å². The first-order valence-electron chi connectivity index (χ1n) is 5.34. The summed E-state index contributed by atoms with van der Waals surface area (Å²) in [5.41, 5.74) is 5.38. The van der Waals surface area contributed by atoms with Crippen LogP contribution in [0.2, 0.25) is 0 Å². The van der Waals surface area contributed by atoms with Gasteiger partial charge >= 0.3 is 5.97 Å². The van der Waals surface area contributed by atoms with Gasteiger partial charge in [-0.3, -0.25) is 14.4 Å². The number of aromatic nitrogens is 1. The van der Waals surface area contributed by atoms with Gasteiger partial charge in [0.2, 0.25) is 5.91 Å². The number of nitrogens with zero attached hydrogens (tertiary/aromatic N) is 1. The fourth-order valence-electron chi connectivity index (χ4n) is 1.45. The predicted molar refractivity (Wildman–Crippen MR) is 63.1 cm³/mol. The first-order chi connectivity index (χ1) is 8.32. The molecule has 0 aromatic carbocycles. The molecule has 0 unspecified atom stereocenters. The van der Waals surface area contributed by atoms with Crippen LogP contribution in [-0.4, -0.2) is 45.4 Å². The fourth-order valence-corrected chi connectivity index (χ4v) is 1.45. The van der Waals surface area contributed by atoms with E-state index in [0.717, 1.165) is 0 Å². The normalized spacial score (nSPS) is 10.4. The van der Waals surface area contributed by atoms with E-state index in [1.54, 1.807) is 13.8 Å². The highest BCUT2D eigenvalue weighted by atomic mass is 16.4. The highest BCUT2D eigenvalue weighted by Crippen LogP contribution is 2.09. The summed E-state index contributed by atoms with van der Waals surface area (Å²) in [4.78, 5) is 37.4. The fraction of sp³-hybridized carbons (Fsp3) is 0.364. The summed E-state index contributed by atoms with van der Waals surface area (Å²) >= 11 is 0. The van der Waals surface area contributed by atoms with Crippen molar-refractivity contribution in [1.29, 1.82) is 0 Å². The van der Waals surface area contributed by atoms with Gasteiger partial charge in [0.05, 0.1) is 5.56 Å². The number of nitrogens with two attached hydrogens (primary N) is 1. The topological polar surface area (TPSA) is 116 Å². The number of carbonyl (C=O) groups excluding carboxylic acids is 2. The number of H-pyrrole nitrogens is 1. The van der Waals surface area contributed by atoms with Gasteiger partial charge in [-0.2, -0.15) is 0 Å². The minimum absolute atomic E-state index is 0.138. The minimum Gasteiger partial charge on any atom is -0.480 e. The molecule has 18 heavy (non-hydrogen) atoms. The molecule has 0 fully saturated rings. The zero-order chi connectivity index (χ0) is 13.9. The van der Waals surface area contributed by atoms with Crippen LogP contribution < -0.4 is 5.73 Å². The highest BCUT2D eigenvalue weighted by Gasteiger charge is 2.22. The Hall–Kier alpha value is -2.31. The third-order valence-electron chi connectivity index (χ3n) is 2.39. The standard InChI is InChI=1S/C11H15N3O4/c1-6(2)14(5-9(15)16)11(18)8-3-7(4-13-8)10(12)17/h3-4,6,13H,5H2,1-2H3,(H2,12,17)(H,15,16). The number of primary amides is 1. The number of hydrogen-bond donors (Lipinski definition) is 3. The molecular formula is C11H15N3O4. The largest absolute Gasteiger partial charge is 0.480 e. The third-order valence-corrected chi connectivity index (χ3v) is 2.39. The van der Waals surface area contributed by atoms with Crippen LogP contribution in [0, 0.1) is 0 Å². The molecule has 1 aromatic heterocycles. The van der Waals surface area contributed by atoms with Crippen LogP contribution in [0.1, 0.15) is 34.7 Å². The number of carboxylic acid groups (broad SMARTS) is 1. The number of nitrogens with one attached hydrogen (secondary N) is 1. The summed E-state index contributed by atoms with van der Waals surface area (Å²) in [5, 5.41) is 8.74. The number of amides is 2. The Labute approximate surface area is 104 Å². The Morgan fingerprint density at radius 2 is 2.06 bits per heavy atom. The van der Waals surface area contributed by atoms with E-state index in [1.807, 2.05) is 0 Å². The van der Waals surface area contributed by atoms with Gasteiger partial charge in [0.1, 0.15) is 12.2 Å². The second kappa shape index (κ2) is 5.35. The average Bonchev–Trinajstić information content (AvgIpc) is 2.73. The summed E-state index contributed by atoms with van der Waals surface area (Å²) in [6.45, 7) is 3.01. The Morgan fingerprint density at radius 3 is 2.44 bits per heavy atom. The number of aliphatic carboxylic acids is 1. The Kier molecular flexibility index (Phi) is 4.09. The molecule has 4 N–H and O–H groups in total. The Morgan fingerprint density at radius 1 is 1.44 bits per heavy atom. The number of carbonyl (C=O) groups is 3. The molecule has 7 nitrogen and oxygen atoms in total. The molecule has 0 saturated heterocycles. The molecule has 1 heterocycles. The molecule has 0 radical (unpaired) electrons. The Bertz CT molecular complexity index is 478. The zero-order valence-electron chi connectivity index (χ0n) is 10.1. The smallest absolute Gasteiger partial charge is 0.323 e. The van der Waals surface area contributed by atoms with Crippen LogP contribution in [0.25, 0.3) is 0 Å². The summed E-state index contributed by atoms with van der Waals surface area (Å²) in [5.74, 6) is -2.24. The maximum atomic E-state index is 12.0. The van der Waals surface area contributed by atoms with Gasteiger partial charge in [-0.1, -0.05) is 0 Å². The summed E-state index contributed by atoms with van der Waals surface area (Å²) in [6, 6.07) is 1.04. The van der Waals surface area contributed by atoms with Crippen molar-refractivity contribution in [2.75, 3.05) is 6.54 Å². The number of aromatic amines is 1. The average molecular weight is 253 g/mol. The maximum absolute atomic E-state index is 12.0. The van der Waals surface area contributed by atoms with E-state index in [4.69, 9.17) is 10.8 Å². The van der Waals surface area contributed by atoms with E-state index in [1.165, 1.54) is 17.2 Å². The molecule has 0 atom stereocenters. The first kappa shape index (κ1) is 13.8. The van der Waals surface area contributed by atoms with E-state index < -0.39 is 24.3 Å². The van der Waals surface area contributed by atoms with Crippen molar-refractivity contribution in [2.24, 2.45) is 5.73 Å². The minimum atomic E-state index is -1.10. The lowest BCUT2D eigenvalue weighted by Crippen LogP contribution is -2.40. The van der Waals surface area contributed by atoms with E-state index >= 15 is 0 Å². The summed E-state index contributed by atoms with van der Waals surface area (Å²) < 4.78 is 0. The van der Waals surface area contributed by atoms with Crippen LogP contribution in [0.15, 0.2) is 12.3 Å². The molecule has 7 heteroatoms. The van der Waals surface area contributed by atoms with Crippen molar-refractivity contribution in [3.63, 3.8) is 0 Å². The van der Waals surface area contributed by atoms with Crippen molar-refractivity contribution in [3.8, 4) is 0 Å². The molecule has 0 spiro atoms. The molecular weight excluding hydrogens is 238 g/mol. The SMILES string of the molecule is CC(C)N(CC(=O)O)C(=O)c1cc(C(N)=O)c[nH]1. The third kappa shape index (κ3) is 3.09. The van der Waals surface area contributed by atoms with E-state index in [9.17, 15) is 14.4 Å². The number of rotatable bonds is 5. The zero-order valence-corrected chi connectivity index (χ0v) is 10.1. The van der Waals surface area contributed by atoms with Crippen molar-refractivity contribution >= 4 is 17.8 Å². The van der Waals surface area contributed by atoms with Crippen LogP contribution in [0.4, 0.5) is 0 Å².